The highest BCUT2D eigenvalue weighted by molar-refractivity contribution is 5.82. The number of amides is 1. The van der Waals surface area contributed by atoms with Gasteiger partial charge in [-0.15, -0.1) is 0 Å². The molecule has 0 saturated heterocycles. The molecule has 3 N–H and O–H groups in total. The molecule has 0 spiro atoms. The predicted molar refractivity (Wildman–Crippen MR) is 67.3 cm³/mol. The Bertz CT molecular complexity index is 353. The van der Waals surface area contributed by atoms with Crippen molar-refractivity contribution in [3.8, 4) is 0 Å². The molecule has 1 aromatic heterocycles. The van der Waals surface area contributed by atoms with Gasteiger partial charge in [0.25, 0.3) is 0 Å². The van der Waals surface area contributed by atoms with Crippen molar-refractivity contribution in [2.45, 2.75) is 46.3 Å². The van der Waals surface area contributed by atoms with Gasteiger partial charge >= 0.3 is 0 Å². The molecule has 0 aliphatic heterocycles. The molecule has 5 heteroatoms. The van der Waals surface area contributed by atoms with E-state index in [-0.39, 0.29) is 17.4 Å². The zero-order valence-corrected chi connectivity index (χ0v) is 11.0. The minimum atomic E-state index is -0.498. The summed E-state index contributed by atoms with van der Waals surface area (Å²) in [7, 11) is 0. The Morgan fingerprint density at radius 1 is 1.53 bits per heavy atom. The summed E-state index contributed by atoms with van der Waals surface area (Å²) < 4.78 is 1.79. The summed E-state index contributed by atoms with van der Waals surface area (Å²) in [6, 6.07) is 1.37. The lowest BCUT2D eigenvalue weighted by atomic mass is 9.87. The van der Waals surface area contributed by atoms with E-state index in [9.17, 15) is 4.79 Å². The number of nitrogens with one attached hydrogen (secondary N) is 1. The van der Waals surface area contributed by atoms with Gasteiger partial charge in [0.15, 0.2) is 0 Å². The Morgan fingerprint density at radius 3 is 2.65 bits per heavy atom. The molecule has 0 aromatic carbocycles. The van der Waals surface area contributed by atoms with Crippen molar-refractivity contribution in [3.05, 3.63) is 18.5 Å². The van der Waals surface area contributed by atoms with Crippen molar-refractivity contribution in [2.24, 2.45) is 11.1 Å². The van der Waals surface area contributed by atoms with Gasteiger partial charge in [-0.25, -0.2) is 0 Å². The largest absolute Gasteiger partial charge is 0.350 e. The molecule has 0 fully saturated rings. The topological polar surface area (TPSA) is 72.9 Å². The zero-order valence-electron chi connectivity index (χ0n) is 11.0. The van der Waals surface area contributed by atoms with Crippen LogP contribution in [0.5, 0.6) is 0 Å². The average Bonchev–Trinajstić information content (AvgIpc) is 2.67. The first-order chi connectivity index (χ1) is 7.80. The second-order valence-electron chi connectivity index (χ2n) is 5.48. The summed E-state index contributed by atoms with van der Waals surface area (Å²) >= 11 is 0. The maximum Gasteiger partial charge on any atom is 0.237 e. The molecule has 17 heavy (non-hydrogen) atoms. The molecule has 0 radical (unpaired) electrons. The van der Waals surface area contributed by atoms with Crippen molar-refractivity contribution >= 4 is 5.91 Å². The number of nitrogens with two attached hydrogens (primary N) is 1. The van der Waals surface area contributed by atoms with E-state index in [1.165, 1.54) is 0 Å². The number of aromatic nitrogens is 2. The van der Waals surface area contributed by atoms with Crippen LogP contribution in [0.1, 0.15) is 27.7 Å². The Labute approximate surface area is 102 Å². The number of carbonyl (C=O) groups excluding carboxylic acids is 1. The van der Waals surface area contributed by atoms with E-state index in [2.05, 4.69) is 10.4 Å². The Balaban J connectivity index is 2.46. The molecule has 0 bridgehead atoms. The van der Waals surface area contributed by atoms with Gasteiger partial charge in [-0.1, -0.05) is 20.8 Å². The summed E-state index contributed by atoms with van der Waals surface area (Å²) in [6.07, 6.45) is 3.59. The SMILES string of the molecule is CC(Cn1cccn1)NC(=O)[C@@H](N)C(C)(C)C. The highest BCUT2D eigenvalue weighted by Crippen LogP contribution is 2.17. The Morgan fingerprint density at radius 2 is 2.18 bits per heavy atom. The van der Waals surface area contributed by atoms with E-state index in [0.29, 0.717) is 6.54 Å². The van der Waals surface area contributed by atoms with Gasteiger partial charge < -0.3 is 11.1 Å². The fourth-order valence-corrected chi connectivity index (χ4v) is 1.46. The van der Waals surface area contributed by atoms with E-state index in [0.717, 1.165) is 0 Å². The van der Waals surface area contributed by atoms with E-state index in [1.807, 2.05) is 40.0 Å². The maximum absolute atomic E-state index is 11.9. The van der Waals surface area contributed by atoms with Crippen LogP contribution in [0, 0.1) is 5.41 Å². The molecular formula is C12H22N4O. The highest BCUT2D eigenvalue weighted by Gasteiger charge is 2.28. The second kappa shape index (κ2) is 5.31. The van der Waals surface area contributed by atoms with Crippen LogP contribution in [-0.2, 0) is 11.3 Å². The van der Waals surface area contributed by atoms with Gasteiger partial charge in [-0.2, -0.15) is 5.10 Å². The molecule has 0 aliphatic rings. The minimum absolute atomic E-state index is 0.01000. The second-order valence-corrected chi connectivity index (χ2v) is 5.48. The van der Waals surface area contributed by atoms with Gasteiger partial charge in [0.1, 0.15) is 0 Å². The Kier molecular flexibility index (Phi) is 4.28. The molecule has 1 rings (SSSR count). The monoisotopic (exact) mass is 238 g/mol. The summed E-state index contributed by atoms with van der Waals surface area (Å²) in [5.41, 5.74) is 5.65. The average molecular weight is 238 g/mol. The van der Waals surface area contributed by atoms with Crippen molar-refractivity contribution in [1.29, 1.82) is 0 Å². The van der Waals surface area contributed by atoms with E-state index in [4.69, 9.17) is 5.73 Å². The highest BCUT2D eigenvalue weighted by atomic mass is 16.2. The minimum Gasteiger partial charge on any atom is -0.350 e. The van der Waals surface area contributed by atoms with E-state index >= 15 is 0 Å². The zero-order chi connectivity index (χ0) is 13.1. The van der Waals surface area contributed by atoms with Crippen LogP contribution in [0.25, 0.3) is 0 Å². The lowest BCUT2D eigenvalue weighted by molar-refractivity contribution is -0.125. The molecule has 96 valence electrons. The van der Waals surface area contributed by atoms with Crippen molar-refractivity contribution in [1.82, 2.24) is 15.1 Å². The normalized spacial score (nSPS) is 15.4. The van der Waals surface area contributed by atoms with Gasteiger partial charge in [-0.05, 0) is 18.4 Å². The lowest BCUT2D eigenvalue weighted by Gasteiger charge is -2.27. The molecule has 1 unspecified atom stereocenters. The molecule has 0 saturated carbocycles. The van der Waals surface area contributed by atoms with Gasteiger partial charge in [0, 0.05) is 18.4 Å². The van der Waals surface area contributed by atoms with Crippen LogP contribution >= 0.6 is 0 Å². The summed E-state index contributed by atoms with van der Waals surface area (Å²) in [5, 5.41) is 6.99. The first-order valence-corrected chi connectivity index (χ1v) is 5.84. The van der Waals surface area contributed by atoms with Crippen LogP contribution in [0.15, 0.2) is 18.5 Å². The van der Waals surface area contributed by atoms with Crippen LogP contribution in [0.4, 0.5) is 0 Å². The molecule has 1 heterocycles. The third kappa shape index (κ3) is 4.19. The quantitative estimate of drug-likeness (QED) is 0.813. The molecule has 0 aliphatic carbocycles. The fourth-order valence-electron chi connectivity index (χ4n) is 1.46. The third-order valence-electron chi connectivity index (χ3n) is 2.62. The van der Waals surface area contributed by atoms with Crippen molar-refractivity contribution in [2.75, 3.05) is 0 Å². The van der Waals surface area contributed by atoms with E-state index < -0.39 is 6.04 Å². The maximum atomic E-state index is 11.9. The van der Waals surface area contributed by atoms with Gasteiger partial charge in [0.2, 0.25) is 5.91 Å². The Hall–Kier alpha value is -1.36. The molecule has 2 atom stereocenters. The third-order valence-corrected chi connectivity index (χ3v) is 2.62. The first-order valence-electron chi connectivity index (χ1n) is 5.84. The van der Waals surface area contributed by atoms with Gasteiger partial charge in [0.05, 0.1) is 12.6 Å². The number of carbonyl (C=O) groups is 1. The van der Waals surface area contributed by atoms with Crippen LogP contribution < -0.4 is 11.1 Å². The smallest absolute Gasteiger partial charge is 0.237 e. The van der Waals surface area contributed by atoms with Crippen LogP contribution in [0.3, 0.4) is 0 Å². The molecule has 1 amide bonds. The van der Waals surface area contributed by atoms with Crippen LogP contribution in [-0.4, -0.2) is 27.8 Å². The fraction of sp³-hybridized carbons (Fsp3) is 0.667. The molecule has 5 nitrogen and oxygen atoms in total. The number of hydrogen-bond acceptors (Lipinski definition) is 3. The van der Waals surface area contributed by atoms with Gasteiger partial charge in [-0.3, -0.25) is 9.48 Å². The summed E-state index contributed by atoms with van der Waals surface area (Å²) in [5.74, 6) is -0.114. The first kappa shape index (κ1) is 13.7. The standard InChI is InChI=1S/C12H22N4O/c1-9(8-16-7-5-6-14-16)15-11(17)10(13)12(2,3)4/h5-7,9-10H,8,13H2,1-4H3,(H,15,17)/t9?,10-/m1/s1. The number of nitrogens with zero attached hydrogens (tertiary/aromatic N) is 2. The number of hydrogen-bond donors (Lipinski definition) is 2. The summed E-state index contributed by atoms with van der Waals surface area (Å²) in [4.78, 5) is 11.9. The van der Waals surface area contributed by atoms with Crippen molar-refractivity contribution < 1.29 is 4.79 Å². The van der Waals surface area contributed by atoms with Crippen molar-refractivity contribution in [3.63, 3.8) is 0 Å². The summed E-state index contributed by atoms with van der Waals surface area (Å²) in [6.45, 7) is 8.45. The van der Waals surface area contributed by atoms with Crippen LogP contribution in [0.2, 0.25) is 0 Å². The number of rotatable bonds is 4. The molecular weight excluding hydrogens is 216 g/mol. The predicted octanol–water partition coefficient (Wildman–Crippen LogP) is 0.761. The van der Waals surface area contributed by atoms with E-state index in [1.54, 1.807) is 10.9 Å². The molecule has 1 aromatic rings. The lowest BCUT2D eigenvalue weighted by Crippen LogP contribution is -2.51.